The van der Waals surface area contributed by atoms with Crippen LogP contribution in [0.4, 0.5) is 30.7 Å². The Morgan fingerprint density at radius 3 is 2.12 bits per heavy atom. The summed E-state index contributed by atoms with van der Waals surface area (Å²) in [4.78, 5) is 11.5. The summed E-state index contributed by atoms with van der Waals surface area (Å²) in [6, 6.07) is 4.12. The molecule has 0 aliphatic heterocycles. The van der Waals surface area contributed by atoms with Gasteiger partial charge in [0.1, 0.15) is 0 Å². The zero-order valence-electron chi connectivity index (χ0n) is 12.2. The van der Waals surface area contributed by atoms with Gasteiger partial charge in [0.05, 0.1) is 18.3 Å². The Morgan fingerprint density at radius 1 is 1.12 bits per heavy atom. The molecule has 1 unspecified atom stereocenters. The van der Waals surface area contributed by atoms with Crippen molar-refractivity contribution in [1.82, 2.24) is 0 Å². The lowest BCUT2D eigenvalue weighted by Gasteiger charge is -2.31. The zero-order valence-corrected chi connectivity index (χ0v) is 12.2. The van der Waals surface area contributed by atoms with E-state index in [1.165, 1.54) is 13.0 Å². The first-order chi connectivity index (χ1) is 10.8. The van der Waals surface area contributed by atoms with E-state index in [4.69, 9.17) is 0 Å². The standard InChI is InChI=1S/C14H13F7O3/c1-2-24-11(23)9-5-3-4-8(6-9)10(22)7-12(15,13(16,17)18)14(19,20)21/h3-6,10,22H,2,7H2,1H3. The minimum absolute atomic E-state index is 0.0125. The van der Waals surface area contributed by atoms with Crippen molar-refractivity contribution >= 4 is 5.97 Å². The molecule has 1 aromatic rings. The first kappa shape index (κ1) is 20.2. The average Bonchev–Trinajstić information content (AvgIpc) is 2.45. The van der Waals surface area contributed by atoms with Gasteiger partial charge in [0.15, 0.2) is 0 Å². The van der Waals surface area contributed by atoms with Gasteiger partial charge in [0.2, 0.25) is 0 Å². The Labute approximate surface area is 132 Å². The van der Waals surface area contributed by atoms with Gasteiger partial charge in [-0.2, -0.15) is 26.3 Å². The maximum absolute atomic E-state index is 13.6. The van der Waals surface area contributed by atoms with Crippen molar-refractivity contribution in [2.75, 3.05) is 6.61 Å². The Bertz CT molecular complexity index is 566. The molecule has 0 saturated carbocycles. The highest BCUT2D eigenvalue weighted by molar-refractivity contribution is 5.89. The van der Waals surface area contributed by atoms with Gasteiger partial charge >= 0.3 is 24.0 Å². The molecular formula is C14H13F7O3. The molecule has 10 heteroatoms. The molecule has 3 nitrogen and oxygen atoms in total. The van der Waals surface area contributed by atoms with Gasteiger partial charge in [-0.1, -0.05) is 12.1 Å². The lowest BCUT2D eigenvalue weighted by molar-refractivity contribution is -0.347. The SMILES string of the molecule is CCOC(=O)c1cccc(C(O)CC(F)(C(F)(F)F)C(F)(F)F)c1. The predicted octanol–water partition coefficient (Wildman–Crippen LogP) is 4.12. The van der Waals surface area contributed by atoms with E-state index in [-0.39, 0.29) is 12.2 Å². The van der Waals surface area contributed by atoms with Crippen molar-refractivity contribution in [3.05, 3.63) is 35.4 Å². The van der Waals surface area contributed by atoms with Crippen LogP contribution in [0.15, 0.2) is 24.3 Å². The van der Waals surface area contributed by atoms with E-state index in [1.807, 2.05) is 0 Å². The summed E-state index contributed by atoms with van der Waals surface area (Å²) in [6.07, 6.45) is -17.2. The maximum Gasteiger partial charge on any atom is 0.431 e. The van der Waals surface area contributed by atoms with Crippen LogP contribution >= 0.6 is 0 Å². The normalized spacial score (nSPS) is 14.4. The molecular weight excluding hydrogens is 349 g/mol. The van der Waals surface area contributed by atoms with E-state index in [0.717, 1.165) is 18.2 Å². The molecule has 1 aromatic carbocycles. The third kappa shape index (κ3) is 4.16. The minimum Gasteiger partial charge on any atom is -0.462 e. The van der Waals surface area contributed by atoms with Crippen molar-refractivity contribution in [3.63, 3.8) is 0 Å². The number of benzene rings is 1. The fourth-order valence-corrected chi connectivity index (χ4v) is 1.86. The van der Waals surface area contributed by atoms with Crippen LogP contribution in [0, 0.1) is 0 Å². The number of aliphatic hydroxyl groups is 1. The largest absolute Gasteiger partial charge is 0.462 e. The van der Waals surface area contributed by atoms with E-state index in [0.29, 0.717) is 0 Å². The third-order valence-corrected chi connectivity index (χ3v) is 3.16. The van der Waals surface area contributed by atoms with Gasteiger partial charge in [0, 0.05) is 6.42 Å². The smallest absolute Gasteiger partial charge is 0.431 e. The van der Waals surface area contributed by atoms with Crippen LogP contribution in [0.25, 0.3) is 0 Å². The molecule has 0 aromatic heterocycles. The molecule has 0 radical (unpaired) electrons. The first-order valence-corrected chi connectivity index (χ1v) is 6.61. The molecule has 1 rings (SSSR count). The van der Waals surface area contributed by atoms with E-state index in [2.05, 4.69) is 4.74 Å². The van der Waals surface area contributed by atoms with Crippen LogP contribution in [0.1, 0.15) is 35.4 Å². The number of esters is 1. The topological polar surface area (TPSA) is 46.5 Å². The van der Waals surface area contributed by atoms with E-state index < -0.39 is 42.1 Å². The molecule has 0 amide bonds. The summed E-state index contributed by atoms with van der Waals surface area (Å²) in [7, 11) is 0. The summed E-state index contributed by atoms with van der Waals surface area (Å²) in [5.41, 5.74) is -6.26. The van der Waals surface area contributed by atoms with Crippen LogP contribution in [0.5, 0.6) is 0 Å². The summed E-state index contributed by atoms with van der Waals surface area (Å²) in [6.45, 7) is 1.47. The molecule has 1 N–H and O–H groups in total. The fraction of sp³-hybridized carbons (Fsp3) is 0.500. The Kier molecular flexibility index (Phi) is 5.86. The maximum atomic E-state index is 13.6. The summed E-state index contributed by atoms with van der Waals surface area (Å²) < 4.78 is 93.3. The van der Waals surface area contributed by atoms with Crippen LogP contribution in [0.3, 0.4) is 0 Å². The van der Waals surface area contributed by atoms with Gasteiger partial charge in [0.25, 0.3) is 0 Å². The molecule has 0 fully saturated rings. The highest BCUT2D eigenvalue weighted by Gasteiger charge is 2.72. The summed E-state index contributed by atoms with van der Waals surface area (Å²) in [5.74, 6) is -0.885. The van der Waals surface area contributed by atoms with Crippen LogP contribution in [0.2, 0.25) is 0 Å². The lowest BCUT2D eigenvalue weighted by atomic mass is 9.92. The molecule has 136 valence electrons. The first-order valence-electron chi connectivity index (χ1n) is 6.61. The monoisotopic (exact) mass is 362 g/mol. The van der Waals surface area contributed by atoms with Crippen molar-refractivity contribution in [1.29, 1.82) is 0 Å². The van der Waals surface area contributed by atoms with Gasteiger partial charge < -0.3 is 9.84 Å². The fourth-order valence-electron chi connectivity index (χ4n) is 1.86. The number of halogens is 7. The van der Waals surface area contributed by atoms with Gasteiger partial charge in [-0.3, -0.25) is 0 Å². The van der Waals surface area contributed by atoms with Crippen LogP contribution in [-0.4, -0.2) is 35.7 Å². The second kappa shape index (κ2) is 6.96. The Hall–Kier alpha value is -1.84. The Morgan fingerprint density at radius 2 is 1.67 bits per heavy atom. The molecule has 0 bridgehead atoms. The van der Waals surface area contributed by atoms with Crippen molar-refractivity contribution < 1.29 is 45.4 Å². The highest BCUT2D eigenvalue weighted by Crippen LogP contribution is 2.50. The molecule has 1 atom stereocenters. The van der Waals surface area contributed by atoms with Crippen LogP contribution < -0.4 is 0 Å². The molecule has 0 spiro atoms. The number of carbonyl (C=O) groups excluding carboxylic acids is 1. The molecule has 0 aliphatic rings. The number of hydrogen-bond acceptors (Lipinski definition) is 3. The molecule has 0 heterocycles. The van der Waals surface area contributed by atoms with Gasteiger partial charge in [-0.15, -0.1) is 0 Å². The van der Waals surface area contributed by atoms with Crippen molar-refractivity contribution in [2.45, 2.75) is 37.5 Å². The number of aliphatic hydroxyl groups excluding tert-OH is 1. The Balaban J connectivity index is 3.12. The van der Waals surface area contributed by atoms with E-state index in [1.54, 1.807) is 0 Å². The lowest BCUT2D eigenvalue weighted by Crippen LogP contribution is -2.54. The molecule has 0 aliphatic carbocycles. The number of alkyl halides is 7. The van der Waals surface area contributed by atoms with Crippen molar-refractivity contribution in [2.24, 2.45) is 0 Å². The number of carbonyl (C=O) groups is 1. The van der Waals surface area contributed by atoms with E-state index in [9.17, 15) is 40.6 Å². The average molecular weight is 362 g/mol. The second-order valence-electron chi connectivity index (χ2n) is 4.86. The van der Waals surface area contributed by atoms with Gasteiger partial charge in [-0.05, 0) is 24.6 Å². The number of hydrogen-bond donors (Lipinski definition) is 1. The quantitative estimate of drug-likeness (QED) is 0.633. The molecule has 24 heavy (non-hydrogen) atoms. The second-order valence-corrected chi connectivity index (χ2v) is 4.86. The predicted molar refractivity (Wildman–Crippen MR) is 67.9 cm³/mol. The summed E-state index contributed by atoms with van der Waals surface area (Å²) in [5, 5.41) is 9.63. The minimum atomic E-state index is -6.26. The van der Waals surface area contributed by atoms with E-state index >= 15 is 0 Å². The zero-order chi connectivity index (χ0) is 18.8. The van der Waals surface area contributed by atoms with Gasteiger partial charge in [-0.25, -0.2) is 9.18 Å². The van der Waals surface area contributed by atoms with Crippen molar-refractivity contribution in [3.8, 4) is 0 Å². The number of ether oxygens (including phenoxy) is 1. The highest BCUT2D eigenvalue weighted by atomic mass is 19.4. The van der Waals surface area contributed by atoms with Crippen LogP contribution in [-0.2, 0) is 4.74 Å². The number of rotatable bonds is 5. The third-order valence-electron chi connectivity index (χ3n) is 3.16. The molecule has 0 saturated heterocycles. The summed E-state index contributed by atoms with van der Waals surface area (Å²) >= 11 is 0.